The number of benzene rings is 3. The van der Waals surface area contributed by atoms with E-state index in [4.69, 9.17) is 23.7 Å². The number of hydrogen-bond acceptors (Lipinski definition) is 10. The molecule has 3 aromatic carbocycles. The third-order valence-corrected chi connectivity index (χ3v) is 11.3. The van der Waals surface area contributed by atoms with E-state index < -0.39 is 26.6 Å². The predicted octanol–water partition coefficient (Wildman–Crippen LogP) is 4.48. The lowest BCUT2D eigenvalue weighted by molar-refractivity contribution is -0.134. The Hall–Kier alpha value is -4.33. The summed E-state index contributed by atoms with van der Waals surface area (Å²) in [5.74, 6) is 0.670. The van der Waals surface area contributed by atoms with E-state index in [1.54, 1.807) is 19.1 Å². The molecule has 5 rings (SSSR count). The molecule has 2 aliphatic heterocycles. The quantitative estimate of drug-likeness (QED) is 0.161. The monoisotopic (exact) mass is 668 g/mol. The molecule has 12 nitrogen and oxygen atoms in total. The van der Waals surface area contributed by atoms with Gasteiger partial charge in [0, 0.05) is 32.2 Å². The number of sulfone groups is 1. The van der Waals surface area contributed by atoms with Crippen LogP contribution in [0.15, 0.2) is 71.6 Å². The summed E-state index contributed by atoms with van der Waals surface area (Å²) in [5.41, 5.74) is 4.64. The van der Waals surface area contributed by atoms with Gasteiger partial charge in [-0.25, -0.2) is 18.7 Å². The van der Waals surface area contributed by atoms with Crippen LogP contribution in [0.4, 0.5) is 4.79 Å². The van der Waals surface area contributed by atoms with E-state index in [2.05, 4.69) is 0 Å². The Morgan fingerprint density at radius 2 is 1.62 bits per heavy atom. The molecule has 2 N–H and O–H groups in total. The number of methoxy groups -OCH3 is 2. The minimum absolute atomic E-state index is 0.0466. The van der Waals surface area contributed by atoms with Crippen molar-refractivity contribution in [2.45, 2.75) is 47.8 Å². The summed E-state index contributed by atoms with van der Waals surface area (Å²) in [6, 6.07) is 19.7. The molecule has 0 radical (unpaired) electrons. The minimum atomic E-state index is -4.12. The number of hydrogen-bond donors (Lipinski definition) is 2. The first-order chi connectivity index (χ1) is 22.7. The molecular formula is C34H40N2O10S. The smallest absolute Gasteiger partial charge is 0.410 e. The van der Waals surface area contributed by atoms with Gasteiger partial charge in [-0.1, -0.05) is 30.3 Å². The second-order valence-corrected chi connectivity index (χ2v) is 13.7. The highest BCUT2D eigenvalue weighted by Crippen LogP contribution is 2.40. The van der Waals surface area contributed by atoms with Crippen molar-refractivity contribution in [3.8, 4) is 17.2 Å². The van der Waals surface area contributed by atoms with Crippen LogP contribution in [0.3, 0.4) is 0 Å². The highest BCUT2D eigenvalue weighted by Gasteiger charge is 2.52. The summed E-state index contributed by atoms with van der Waals surface area (Å²) < 4.78 is 52.7. The largest absolute Gasteiger partial charge is 0.494 e. The lowest BCUT2D eigenvalue weighted by Gasteiger charge is -2.35. The maximum absolute atomic E-state index is 13.4. The van der Waals surface area contributed by atoms with Gasteiger partial charge in [-0.2, -0.15) is 0 Å². The second kappa shape index (κ2) is 15.1. The number of hydroxylamine groups is 1. The van der Waals surface area contributed by atoms with Crippen LogP contribution in [0.5, 0.6) is 17.2 Å². The van der Waals surface area contributed by atoms with Gasteiger partial charge in [0.2, 0.25) is 0 Å². The van der Waals surface area contributed by atoms with Gasteiger partial charge in [0.1, 0.15) is 5.75 Å². The summed E-state index contributed by atoms with van der Waals surface area (Å²) >= 11 is 0. The number of fused-ring (bicyclic) bond motifs is 1. The van der Waals surface area contributed by atoms with Gasteiger partial charge in [0.15, 0.2) is 26.1 Å². The van der Waals surface area contributed by atoms with E-state index >= 15 is 0 Å². The molecule has 2 heterocycles. The fraction of sp³-hybridized carbons (Fsp3) is 0.412. The predicted molar refractivity (Wildman–Crippen MR) is 171 cm³/mol. The van der Waals surface area contributed by atoms with Gasteiger partial charge < -0.3 is 28.6 Å². The Labute approximate surface area is 274 Å². The maximum Gasteiger partial charge on any atom is 0.410 e. The first-order valence-corrected chi connectivity index (χ1v) is 16.9. The zero-order valence-corrected chi connectivity index (χ0v) is 27.3. The molecule has 2 amide bonds. The molecule has 252 valence electrons. The van der Waals surface area contributed by atoms with Crippen molar-refractivity contribution in [1.29, 1.82) is 0 Å². The lowest BCUT2D eigenvalue weighted by atomic mass is 9.84. The van der Waals surface area contributed by atoms with Gasteiger partial charge in [0.05, 0.1) is 32.3 Å². The van der Waals surface area contributed by atoms with Crippen LogP contribution in [0.1, 0.15) is 48.3 Å². The number of amides is 2. The molecule has 13 heteroatoms. The van der Waals surface area contributed by atoms with E-state index in [9.17, 15) is 23.2 Å². The molecular weight excluding hydrogens is 628 g/mol. The Morgan fingerprint density at radius 3 is 2.28 bits per heavy atom. The van der Waals surface area contributed by atoms with Crippen LogP contribution in [-0.4, -0.2) is 82.5 Å². The second-order valence-electron chi connectivity index (χ2n) is 11.4. The zero-order valence-electron chi connectivity index (χ0n) is 26.5. The highest BCUT2D eigenvalue weighted by atomic mass is 32.2. The topological polar surface area (TPSA) is 150 Å². The Kier molecular flexibility index (Phi) is 10.9. The summed E-state index contributed by atoms with van der Waals surface area (Å²) in [5, 5.41) is 9.22. The minimum Gasteiger partial charge on any atom is -0.494 e. The van der Waals surface area contributed by atoms with Gasteiger partial charge >= 0.3 is 6.09 Å². The van der Waals surface area contributed by atoms with E-state index in [1.165, 1.54) is 29.7 Å². The normalized spacial score (nSPS) is 17.3. The van der Waals surface area contributed by atoms with E-state index in [0.717, 1.165) is 16.7 Å². The fourth-order valence-electron chi connectivity index (χ4n) is 6.10. The molecule has 2 aliphatic rings. The Bertz CT molecular complexity index is 1640. The highest BCUT2D eigenvalue weighted by molar-refractivity contribution is 7.93. The molecule has 1 fully saturated rings. The van der Waals surface area contributed by atoms with E-state index in [0.29, 0.717) is 49.8 Å². The van der Waals surface area contributed by atoms with Crippen LogP contribution in [0.2, 0.25) is 0 Å². The number of carbonyl (C=O) groups is 2. The van der Waals surface area contributed by atoms with E-state index in [-0.39, 0.29) is 43.5 Å². The third kappa shape index (κ3) is 7.16. The van der Waals surface area contributed by atoms with Crippen molar-refractivity contribution in [3.63, 3.8) is 0 Å². The van der Waals surface area contributed by atoms with Crippen molar-refractivity contribution < 1.29 is 46.9 Å². The number of carbonyl (C=O) groups excluding carboxylic acids is 2. The molecule has 1 unspecified atom stereocenters. The number of ether oxygens (including phenoxy) is 5. The van der Waals surface area contributed by atoms with Crippen molar-refractivity contribution in [1.82, 2.24) is 10.4 Å². The first-order valence-electron chi connectivity index (χ1n) is 15.5. The van der Waals surface area contributed by atoms with Gasteiger partial charge in [-0.05, 0) is 78.8 Å². The van der Waals surface area contributed by atoms with E-state index in [1.807, 2.05) is 42.5 Å². The number of nitrogens with zero attached hydrogens (tertiary/aromatic N) is 1. The average molecular weight is 669 g/mol. The zero-order chi connectivity index (χ0) is 33.4. The number of rotatable bonds is 12. The number of unbranched alkanes of at least 4 members (excludes halogenated alkanes) is 1. The van der Waals surface area contributed by atoms with Crippen LogP contribution in [0, 0.1) is 0 Å². The van der Waals surface area contributed by atoms with Crippen LogP contribution in [0.25, 0.3) is 0 Å². The first kappa shape index (κ1) is 34.0. The summed E-state index contributed by atoms with van der Waals surface area (Å²) in [6.07, 6.45) is 0.637. The summed E-state index contributed by atoms with van der Waals surface area (Å²) in [4.78, 5) is 27.2. The SMILES string of the molecule is COc1cc2c(cc1OC)C(c1ccccc1)CN(C(=O)OCCCCOc1ccc(S(=O)(=O)C3(C(=O)NO)CCOCC3)cc1)C2. The lowest BCUT2D eigenvalue weighted by Crippen LogP contribution is -2.54. The van der Waals surface area contributed by atoms with Crippen LogP contribution >= 0.6 is 0 Å². The van der Waals surface area contributed by atoms with Crippen LogP contribution < -0.4 is 19.7 Å². The summed E-state index contributed by atoms with van der Waals surface area (Å²) in [6.45, 7) is 1.56. The van der Waals surface area contributed by atoms with Gasteiger partial charge in [-0.3, -0.25) is 10.0 Å². The number of nitrogens with one attached hydrogen (secondary N) is 1. The molecule has 1 atom stereocenters. The fourth-order valence-corrected chi connectivity index (χ4v) is 8.04. The molecule has 47 heavy (non-hydrogen) atoms. The van der Waals surface area contributed by atoms with Crippen molar-refractivity contribution in [3.05, 3.63) is 83.4 Å². The molecule has 0 bridgehead atoms. The van der Waals surface area contributed by atoms with Gasteiger partial charge in [-0.15, -0.1) is 0 Å². The van der Waals surface area contributed by atoms with Crippen LogP contribution in [-0.2, 0) is 30.7 Å². The molecule has 3 aromatic rings. The Morgan fingerprint density at radius 1 is 0.957 bits per heavy atom. The third-order valence-electron chi connectivity index (χ3n) is 8.74. The molecule has 0 spiro atoms. The Balaban J connectivity index is 1.13. The summed E-state index contributed by atoms with van der Waals surface area (Å²) in [7, 11) is -0.926. The molecule has 0 saturated carbocycles. The molecule has 0 aliphatic carbocycles. The average Bonchev–Trinajstić information content (AvgIpc) is 3.12. The van der Waals surface area contributed by atoms with Crippen molar-refractivity contribution >= 4 is 21.8 Å². The standard InChI is InChI=1S/C34H40N2O10S/c1-42-30-20-25-22-36(23-29(24-8-4-3-5-9-24)28(25)21-31(30)43-2)33(38)46-17-7-6-16-45-26-10-12-27(13-11-26)47(40,41)34(32(37)35-39)14-18-44-19-15-34/h3-5,8-13,20-21,29,39H,6-7,14-19,22-23H2,1-2H3,(H,35,37). The van der Waals surface area contributed by atoms with Crippen molar-refractivity contribution in [2.24, 2.45) is 0 Å². The van der Waals surface area contributed by atoms with Gasteiger partial charge in [0.25, 0.3) is 5.91 Å². The molecule has 0 aromatic heterocycles. The van der Waals surface area contributed by atoms with Crippen molar-refractivity contribution in [2.75, 3.05) is 47.2 Å². The molecule has 1 saturated heterocycles. The maximum atomic E-state index is 13.4.